The van der Waals surface area contributed by atoms with E-state index >= 15 is 0 Å². The molecule has 1 aliphatic carbocycles. The number of hydrogen-bond acceptors (Lipinski definition) is 2. The van der Waals surface area contributed by atoms with E-state index in [2.05, 4.69) is 13.0 Å². The van der Waals surface area contributed by atoms with Crippen molar-refractivity contribution in [3.05, 3.63) is 28.8 Å². The number of aromatic hydroxyl groups is 1. The molecule has 0 aliphatic heterocycles. The first kappa shape index (κ1) is 11.5. The van der Waals surface area contributed by atoms with Crippen LogP contribution in [-0.2, 0) is 12.8 Å². The Bertz CT molecular complexity index is 373. The molecule has 16 heavy (non-hydrogen) atoms. The van der Waals surface area contributed by atoms with Crippen molar-refractivity contribution >= 4 is 0 Å². The zero-order valence-electron chi connectivity index (χ0n) is 10.00. The Balaban J connectivity index is 2.41. The molecule has 0 fully saturated rings. The smallest absolute Gasteiger partial charge is 0.119 e. The van der Waals surface area contributed by atoms with Crippen LogP contribution in [0.2, 0.25) is 0 Å². The molecule has 0 heterocycles. The highest BCUT2D eigenvalue weighted by Gasteiger charge is 2.19. The third kappa shape index (κ3) is 2.07. The van der Waals surface area contributed by atoms with Gasteiger partial charge in [-0.3, -0.25) is 0 Å². The van der Waals surface area contributed by atoms with Crippen LogP contribution in [-0.4, -0.2) is 11.7 Å². The molecule has 0 amide bonds. The Kier molecular flexibility index (Phi) is 3.49. The molecule has 0 spiro atoms. The van der Waals surface area contributed by atoms with Gasteiger partial charge in [-0.15, -0.1) is 0 Å². The van der Waals surface area contributed by atoms with Gasteiger partial charge in [-0.2, -0.15) is 0 Å². The van der Waals surface area contributed by atoms with Gasteiger partial charge in [-0.1, -0.05) is 13.0 Å². The second kappa shape index (κ2) is 4.88. The minimum atomic E-state index is 0.373. The highest BCUT2D eigenvalue weighted by Crippen LogP contribution is 2.36. The summed E-state index contributed by atoms with van der Waals surface area (Å²) in [6.45, 7) is 2.85. The van der Waals surface area contributed by atoms with Gasteiger partial charge in [0.2, 0.25) is 0 Å². The third-order valence-corrected chi connectivity index (χ3v) is 3.65. The molecule has 2 heteroatoms. The SMILES string of the molecule is CC(CCN)c1c(O)ccc2c1CCCC2. The van der Waals surface area contributed by atoms with Crippen LogP contribution >= 0.6 is 0 Å². The van der Waals surface area contributed by atoms with E-state index in [1.165, 1.54) is 24.0 Å². The summed E-state index contributed by atoms with van der Waals surface area (Å²) in [5.74, 6) is 0.833. The monoisotopic (exact) mass is 219 g/mol. The second-order valence-electron chi connectivity index (χ2n) is 4.82. The molecule has 1 aliphatic rings. The maximum Gasteiger partial charge on any atom is 0.119 e. The Labute approximate surface area is 97.5 Å². The van der Waals surface area contributed by atoms with E-state index in [0.717, 1.165) is 24.8 Å². The summed E-state index contributed by atoms with van der Waals surface area (Å²) in [4.78, 5) is 0. The summed E-state index contributed by atoms with van der Waals surface area (Å²) < 4.78 is 0. The van der Waals surface area contributed by atoms with Crippen LogP contribution in [0.5, 0.6) is 5.75 Å². The summed E-state index contributed by atoms with van der Waals surface area (Å²) >= 11 is 0. The fourth-order valence-corrected chi connectivity index (χ4v) is 2.79. The van der Waals surface area contributed by atoms with Gasteiger partial charge in [0.05, 0.1) is 0 Å². The lowest BCUT2D eigenvalue weighted by molar-refractivity contribution is 0.457. The number of benzene rings is 1. The van der Waals surface area contributed by atoms with E-state index in [9.17, 15) is 5.11 Å². The van der Waals surface area contributed by atoms with Gasteiger partial charge in [-0.25, -0.2) is 0 Å². The molecule has 88 valence electrons. The molecule has 3 N–H and O–H groups in total. The number of aryl methyl sites for hydroxylation is 1. The molecule has 1 atom stereocenters. The molecular formula is C14H21NO. The standard InChI is InChI=1S/C14H21NO/c1-10(8-9-15)14-12-5-3-2-4-11(12)6-7-13(14)16/h6-7,10,16H,2-5,8-9,15H2,1H3. The van der Waals surface area contributed by atoms with Crippen molar-refractivity contribution in [3.63, 3.8) is 0 Å². The Morgan fingerprint density at radius 2 is 2.06 bits per heavy atom. The normalized spacial score (nSPS) is 16.9. The molecule has 1 aromatic carbocycles. The number of rotatable bonds is 3. The molecule has 0 aromatic heterocycles. The minimum absolute atomic E-state index is 0.373. The van der Waals surface area contributed by atoms with Crippen molar-refractivity contribution in [1.82, 2.24) is 0 Å². The van der Waals surface area contributed by atoms with Crippen LogP contribution in [0.15, 0.2) is 12.1 Å². The minimum Gasteiger partial charge on any atom is -0.508 e. The van der Waals surface area contributed by atoms with Gasteiger partial charge in [0.15, 0.2) is 0 Å². The van der Waals surface area contributed by atoms with Gasteiger partial charge in [0.25, 0.3) is 0 Å². The molecule has 1 aromatic rings. The molecule has 0 bridgehead atoms. The first-order valence-electron chi connectivity index (χ1n) is 6.27. The fraction of sp³-hybridized carbons (Fsp3) is 0.571. The zero-order chi connectivity index (χ0) is 11.5. The predicted molar refractivity (Wildman–Crippen MR) is 66.8 cm³/mol. The van der Waals surface area contributed by atoms with E-state index in [-0.39, 0.29) is 0 Å². The van der Waals surface area contributed by atoms with Crippen LogP contribution in [0.4, 0.5) is 0 Å². The van der Waals surface area contributed by atoms with Crippen LogP contribution in [0.1, 0.15) is 48.8 Å². The highest BCUT2D eigenvalue weighted by molar-refractivity contribution is 5.47. The van der Waals surface area contributed by atoms with E-state index in [1.807, 2.05) is 6.07 Å². The van der Waals surface area contributed by atoms with Gasteiger partial charge in [0, 0.05) is 5.56 Å². The van der Waals surface area contributed by atoms with Crippen molar-refractivity contribution < 1.29 is 5.11 Å². The highest BCUT2D eigenvalue weighted by atomic mass is 16.3. The molecule has 0 saturated carbocycles. The predicted octanol–water partition coefficient (Wildman–Crippen LogP) is 2.72. The molecule has 1 unspecified atom stereocenters. The first-order chi connectivity index (χ1) is 7.74. The van der Waals surface area contributed by atoms with Crippen LogP contribution in [0.25, 0.3) is 0 Å². The number of fused-ring (bicyclic) bond motifs is 1. The van der Waals surface area contributed by atoms with Crippen molar-refractivity contribution in [2.45, 2.75) is 44.9 Å². The fourth-order valence-electron chi connectivity index (χ4n) is 2.79. The van der Waals surface area contributed by atoms with Crippen molar-refractivity contribution in [2.24, 2.45) is 5.73 Å². The van der Waals surface area contributed by atoms with Crippen LogP contribution < -0.4 is 5.73 Å². The van der Waals surface area contributed by atoms with Gasteiger partial charge in [-0.05, 0) is 61.8 Å². The average Bonchev–Trinajstić information content (AvgIpc) is 2.29. The summed E-state index contributed by atoms with van der Waals surface area (Å²) in [5, 5.41) is 10.0. The Morgan fingerprint density at radius 3 is 2.81 bits per heavy atom. The Hall–Kier alpha value is -1.02. The second-order valence-corrected chi connectivity index (χ2v) is 4.82. The molecule has 0 saturated heterocycles. The largest absolute Gasteiger partial charge is 0.508 e. The van der Waals surface area contributed by atoms with Crippen molar-refractivity contribution in [2.75, 3.05) is 6.54 Å². The third-order valence-electron chi connectivity index (χ3n) is 3.65. The maximum atomic E-state index is 10.0. The summed E-state index contributed by atoms with van der Waals surface area (Å²) in [6, 6.07) is 3.94. The lowest BCUT2D eigenvalue weighted by Gasteiger charge is -2.23. The van der Waals surface area contributed by atoms with E-state index < -0.39 is 0 Å². The van der Waals surface area contributed by atoms with Gasteiger partial charge < -0.3 is 10.8 Å². The molecule has 0 radical (unpaired) electrons. The quantitative estimate of drug-likeness (QED) is 0.821. The lowest BCUT2D eigenvalue weighted by atomic mass is 9.82. The van der Waals surface area contributed by atoms with Crippen LogP contribution in [0, 0.1) is 0 Å². The summed E-state index contributed by atoms with van der Waals surface area (Å²) in [5.41, 5.74) is 9.60. The number of nitrogens with two attached hydrogens (primary N) is 1. The molecular weight excluding hydrogens is 198 g/mol. The molecule has 2 rings (SSSR count). The zero-order valence-corrected chi connectivity index (χ0v) is 10.00. The maximum absolute atomic E-state index is 10.0. The van der Waals surface area contributed by atoms with Crippen molar-refractivity contribution in [3.8, 4) is 5.75 Å². The van der Waals surface area contributed by atoms with E-state index in [4.69, 9.17) is 5.73 Å². The summed E-state index contributed by atoms with van der Waals surface area (Å²) in [7, 11) is 0. The Morgan fingerprint density at radius 1 is 1.31 bits per heavy atom. The van der Waals surface area contributed by atoms with Crippen molar-refractivity contribution in [1.29, 1.82) is 0 Å². The van der Waals surface area contributed by atoms with E-state index in [1.54, 1.807) is 0 Å². The number of phenols is 1. The van der Waals surface area contributed by atoms with E-state index in [0.29, 0.717) is 18.2 Å². The average molecular weight is 219 g/mol. The van der Waals surface area contributed by atoms with Gasteiger partial charge in [0.1, 0.15) is 5.75 Å². The topological polar surface area (TPSA) is 46.2 Å². The number of hydrogen-bond donors (Lipinski definition) is 2. The van der Waals surface area contributed by atoms with Gasteiger partial charge >= 0.3 is 0 Å². The van der Waals surface area contributed by atoms with Crippen LogP contribution in [0.3, 0.4) is 0 Å². The lowest BCUT2D eigenvalue weighted by Crippen LogP contribution is -2.11. The number of phenolic OH excluding ortho intramolecular Hbond substituents is 1. The first-order valence-corrected chi connectivity index (χ1v) is 6.27. The molecule has 2 nitrogen and oxygen atoms in total. The summed E-state index contributed by atoms with van der Waals surface area (Å²) in [6.07, 6.45) is 5.76.